The summed E-state index contributed by atoms with van der Waals surface area (Å²) in [6, 6.07) is 0.956. The maximum Gasteiger partial charge on any atom is 0.337 e. The molecule has 1 saturated heterocycles. The predicted molar refractivity (Wildman–Crippen MR) is 70.1 cm³/mol. The van der Waals surface area contributed by atoms with Gasteiger partial charge >= 0.3 is 5.97 Å². The number of aromatic carboxylic acids is 1. The van der Waals surface area contributed by atoms with E-state index >= 15 is 0 Å². The van der Waals surface area contributed by atoms with E-state index in [1.54, 1.807) is 11.8 Å². The molecule has 0 spiro atoms. The Morgan fingerprint density at radius 2 is 2.11 bits per heavy atom. The number of pyridine rings is 1. The van der Waals surface area contributed by atoms with Gasteiger partial charge in [-0.25, -0.2) is 4.79 Å². The van der Waals surface area contributed by atoms with Crippen LogP contribution in [-0.4, -0.2) is 46.0 Å². The summed E-state index contributed by atoms with van der Waals surface area (Å²) in [4.78, 5) is 28.9. The lowest BCUT2D eigenvalue weighted by Crippen LogP contribution is -2.39. The predicted octanol–water partition coefficient (Wildman–Crippen LogP) is 1.20. The molecule has 1 aromatic rings. The van der Waals surface area contributed by atoms with Gasteiger partial charge in [0.25, 0.3) is 0 Å². The van der Waals surface area contributed by atoms with Crippen LogP contribution in [0.1, 0.15) is 30.1 Å². The minimum atomic E-state index is -1.04. The highest BCUT2D eigenvalue weighted by Gasteiger charge is 2.24. The van der Waals surface area contributed by atoms with Gasteiger partial charge in [-0.15, -0.1) is 0 Å². The maximum atomic E-state index is 12.1. The zero-order valence-corrected chi connectivity index (χ0v) is 10.8. The van der Waals surface area contributed by atoms with Crippen molar-refractivity contribution in [2.75, 3.05) is 18.4 Å². The Morgan fingerprint density at radius 3 is 2.74 bits per heavy atom. The van der Waals surface area contributed by atoms with Crippen LogP contribution in [-0.2, 0) is 4.79 Å². The van der Waals surface area contributed by atoms with Gasteiger partial charge in [0.15, 0.2) is 0 Å². The molecule has 1 atom stereocenters. The van der Waals surface area contributed by atoms with Crippen molar-refractivity contribution in [2.24, 2.45) is 0 Å². The summed E-state index contributed by atoms with van der Waals surface area (Å²) in [5.41, 5.74) is 0.492. The third kappa shape index (κ3) is 3.01. The van der Waals surface area contributed by atoms with Gasteiger partial charge < -0.3 is 15.3 Å². The van der Waals surface area contributed by atoms with Gasteiger partial charge in [0, 0.05) is 19.3 Å². The van der Waals surface area contributed by atoms with Crippen LogP contribution >= 0.6 is 0 Å². The van der Waals surface area contributed by atoms with Crippen molar-refractivity contribution in [3.05, 3.63) is 24.0 Å². The van der Waals surface area contributed by atoms with Crippen molar-refractivity contribution in [1.82, 2.24) is 9.88 Å². The van der Waals surface area contributed by atoms with Crippen LogP contribution in [0.3, 0.4) is 0 Å². The molecule has 1 aromatic heterocycles. The van der Waals surface area contributed by atoms with Gasteiger partial charge in [-0.1, -0.05) is 0 Å². The number of carbonyl (C=O) groups excluding carboxylic acids is 1. The third-order valence-electron chi connectivity index (χ3n) is 3.21. The quantitative estimate of drug-likeness (QED) is 0.853. The first-order chi connectivity index (χ1) is 9.09. The van der Waals surface area contributed by atoms with Gasteiger partial charge in [0.2, 0.25) is 5.91 Å². The molecule has 1 amide bonds. The van der Waals surface area contributed by atoms with Crippen molar-refractivity contribution in [3.8, 4) is 0 Å². The monoisotopic (exact) mass is 263 g/mol. The largest absolute Gasteiger partial charge is 0.478 e. The molecular formula is C13H17N3O3. The smallest absolute Gasteiger partial charge is 0.337 e. The van der Waals surface area contributed by atoms with E-state index in [9.17, 15) is 9.59 Å². The first-order valence-corrected chi connectivity index (χ1v) is 6.32. The topological polar surface area (TPSA) is 82.5 Å². The van der Waals surface area contributed by atoms with Gasteiger partial charge in [-0.2, -0.15) is 0 Å². The lowest BCUT2D eigenvalue weighted by molar-refractivity contribution is -0.130. The van der Waals surface area contributed by atoms with Crippen LogP contribution in [0.2, 0.25) is 0 Å². The number of aromatic nitrogens is 1. The molecule has 0 saturated carbocycles. The number of hydrogen-bond acceptors (Lipinski definition) is 4. The highest BCUT2D eigenvalue weighted by atomic mass is 16.4. The molecule has 0 aromatic carbocycles. The molecule has 6 nitrogen and oxygen atoms in total. The number of carboxylic acids is 1. The molecule has 1 aliphatic heterocycles. The van der Waals surface area contributed by atoms with Crippen LogP contribution in [0.25, 0.3) is 0 Å². The number of hydrogen-bond donors (Lipinski definition) is 2. The fraction of sp³-hybridized carbons (Fsp3) is 0.462. The first kappa shape index (κ1) is 13.3. The fourth-order valence-electron chi connectivity index (χ4n) is 2.20. The zero-order chi connectivity index (χ0) is 13.8. The van der Waals surface area contributed by atoms with E-state index in [4.69, 9.17) is 5.11 Å². The molecule has 0 aliphatic carbocycles. The maximum absolute atomic E-state index is 12.1. The van der Waals surface area contributed by atoms with E-state index in [-0.39, 0.29) is 11.5 Å². The molecule has 1 fully saturated rings. The first-order valence-electron chi connectivity index (χ1n) is 6.32. The van der Waals surface area contributed by atoms with Crippen molar-refractivity contribution in [1.29, 1.82) is 0 Å². The zero-order valence-electron chi connectivity index (χ0n) is 10.8. The summed E-state index contributed by atoms with van der Waals surface area (Å²) < 4.78 is 0. The van der Waals surface area contributed by atoms with E-state index in [1.165, 1.54) is 18.5 Å². The van der Waals surface area contributed by atoms with Crippen molar-refractivity contribution < 1.29 is 14.7 Å². The molecule has 6 heteroatoms. The van der Waals surface area contributed by atoms with Gasteiger partial charge in [-0.05, 0) is 25.8 Å². The Hall–Kier alpha value is -2.11. The Bertz CT molecular complexity index is 484. The SMILES string of the molecule is CC(Nc1cnccc1C(=O)O)C(=O)N1CCCC1. The lowest BCUT2D eigenvalue weighted by atomic mass is 10.2. The number of likely N-dealkylation sites (tertiary alicyclic amines) is 1. The molecule has 102 valence electrons. The van der Waals surface area contributed by atoms with E-state index in [0.29, 0.717) is 5.69 Å². The van der Waals surface area contributed by atoms with Crippen LogP contribution in [0.4, 0.5) is 5.69 Å². The summed E-state index contributed by atoms with van der Waals surface area (Å²) in [6.45, 7) is 3.30. The standard InChI is InChI=1S/C13H17N3O3/c1-9(12(17)16-6-2-3-7-16)15-11-8-14-5-4-10(11)13(18)19/h4-5,8-9,15H,2-3,6-7H2,1H3,(H,18,19). The second-order valence-corrected chi connectivity index (χ2v) is 4.62. The average Bonchev–Trinajstić information content (AvgIpc) is 2.92. The Kier molecular flexibility index (Phi) is 3.99. The number of nitrogens with zero attached hydrogens (tertiary/aromatic N) is 2. The second-order valence-electron chi connectivity index (χ2n) is 4.62. The van der Waals surface area contributed by atoms with Gasteiger partial charge in [0.05, 0.1) is 17.4 Å². The molecule has 0 bridgehead atoms. The second kappa shape index (κ2) is 5.69. The summed E-state index contributed by atoms with van der Waals surface area (Å²) in [5.74, 6) is -1.04. The molecule has 19 heavy (non-hydrogen) atoms. The van der Waals surface area contributed by atoms with Crippen molar-refractivity contribution in [3.63, 3.8) is 0 Å². The Balaban J connectivity index is 2.08. The Morgan fingerprint density at radius 1 is 1.42 bits per heavy atom. The van der Waals surface area contributed by atoms with Crippen molar-refractivity contribution in [2.45, 2.75) is 25.8 Å². The lowest BCUT2D eigenvalue weighted by Gasteiger charge is -2.22. The normalized spacial score (nSPS) is 16.2. The minimum absolute atomic E-state index is 0.00214. The number of amides is 1. The van der Waals surface area contributed by atoms with Crippen LogP contribution in [0.5, 0.6) is 0 Å². The summed E-state index contributed by atoms with van der Waals surface area (Å²) >= 11 is 0. The molecule has 1 unspecified atom stereocenters. The van der Waals surface area contributed by atoms with E-state index in [2.05, 4.69) is 10.3 Å². The number of rotatable bonds is 4. The highest BCUT2D eigenvalue weighted by molar-refractivity contribution is 5.95. The molecule has 1 aliphatic rings. The fourth-order valence-corrected chi connectivity index (χ4v) is 2.20. The number of nitrogens with one attached hydrogen (secondary N) is 1. The molecular weight excluding hydrogens is 246 g/mol. The molecule has 2 heterocycles. The van der Waals surface area contributed by atoms with Gasteiger partial charge in [0.1, 0.15) is 6.04 Å². The third-order valence-corrected chi connectivity index (χ3v) is 3.21. The number of carbonyl (C=O) groups is 2. The van der Waals surface area contributed by atoms with E-state index < -0.39 is 12.0 Å². The van der Waals surface area contributed by atoms with Crippen LogP contribution in [0, 0.1) is 0 Å². The van der Waals surface area contributed by atoms with E-state index in [1.807, 2.05) is 0 Å². The average molecular weight is 263 g/mol. The molecule has 2 rings (SSSR count). The number of anilines is 1. The summed E-state index contributed by atoms with van der Waals surface area (Å²) in [5, 5.41) is 12.0. The summed E-state index contributed by atoms with van der Waals surface area (Å²) in [6.07, 6.45) is 4.91. The highest BCUT2D eigenvalue weighted by Crippen LogP contribution is 2.16. The molecule has 0 radical (unpaired) electrons. The van der Waals surface area contributed by atoms with Gasteiger partial charge in [-0.3, -0.25) is 9.78 Å². The van der Waals surface area contributed by atoms with E-state index in [0.717, 1.165) is 25.9 Å². The van der Waals surface area contributed by atoms with Crippen molar-refractivity contribution >= 4 is 17.6 Å². The summed E-state index contributed by atoms with van der Waals surface area (Å²) in [7, 11) is 0. The van der Waals surface area contributed by atoms with Crippen LogP contribution in [0.15, 0.2) is 18.5 Å². The Labute approximate surface area is 111 Å². The minimum Gasteiger partial charge on any atom is -0.478 e. The molecule has 2 N–H and O–H groups in total. The van der Waals surface area contributed by atoms with Crippen LogP contribution < -0.4 is 5.32 Å². The number of carboxylic acid groups (broad SMARTS) is 1.